The fourth-order valence-corrected chi connectivity index (χ4v) is 1.52. The Balaban J connectivity index is 3.06. The minimum absolute atomic E-state index is 0.0437. The van der Waals surface area contributed by atoms with Crippen LogP contribution in [0.3, 0.4) is 0 Å². The maximum Gasteiger partial charge on any atom is 0.310 e. The first kappa shape index (κ1) is 13.0. The van der Waals surface area contributed by atoms with E-state index >= 15 is 0 Å². The summed E-state index contributed by atoms with van der Waals surface area (Å²) in [6.45, 7) is 2.14. The number of nitriles is 1. The van der Waals surface area contributed by atoms with Crippen molar-refractivity contribution in [3.05, 3.63) is 28.8 Å². The van der Waals surface area contributed by atoms with E-state index in [0.29, 0.717) is 16.7 Å². The lowest BCUT2D eigenvalue weighted by Crippen LogP contribution is -2.11. The highest BCUT2D eigenvalue weighted by Crippen LogP contribution is 2.24. The monoisotopic (exact) mass is 234 g/mol. The molecule has 0 aliphatic rings. The van der Waals surface area contributed by atoms with Gasteiger partial charge in [-0.25, -0.2) is 0 Å². The fraction of sp³-hybridized carbons (Fsp3) is 0.333. The Morgan fingerprint density at radius 2 is 2.29 bits per heavy atom. The average molecular weight is 234 g/mol. The van der Waals surface area contributed by atoms with Crippen molar-refractivity contribution in [3.63, 3.8) is 0 Å². The summed E-state index contributed by atoms with van der Waals surface area (Å²) in [5.41, 5.74) is 6.84. The van der Waals surface area contributed by atoms with Crippen LogP contribution >= 0.6 is 0 Å². The van der Waals surface area contributed by atoms with Crippen molar-refractivity contribution in [2.45, 2.75) is 19.9 Å². The first-order valence-electron chi connectivity index (χ1n) is 5.22. The number of hydrogen-bond acceptors (Lipinski definition) is 5. The van der Waals surface area contributed by atoms with Crippen LogP contribution < -0.4 is 5.73 Å². The summed E-state index contributed by atoms with van der Waals surface area (Å²) >= 11 is 0. The van der Waals surface area contributed by atoms with Crippen molar-refractivity contribution in [2.75, 3.05) is 6.61 Å². The highest BCUT2D eigenvalue weighted by molar-refractivity contribution is 5.74. The van der Waals surface area contributed by atoms with E-state index in [-0.39, 0.29) is 25.3 Å². The van der Waals surface area contributed by atoms with Crippen molar-refractivity contribution in [1.82, 2.24) is 0 Å². The summed E-state index contributed by atoms with van der Waals surface area (Å²) in [4.78, 5) is 11.3. The molecule has 1 aromatic rings. The maximum atomic E-state index is 11.3. The molecule has 5 nitrogen and oxygen atoms in total. The summed E-state index contributed by atoms with van der Waals surface area (Å²) in [5, 5.41) is 18.5. The minimum atomic E-state index is -0.429. The number of esters is 1. The van der Waals surface area contributed by atoms with E-state index < -0.39 is 5.97 Å². The number of phenols is 1. The molecule has 90 valence electrons. The maximum absolute atomic E-state index is 11.3. The van der Waals surface area contributed by atoms with E-state index in [2.05, 4.69) is 0 Å². The van der Waals surface area contributed by atoms with E-state index in [1.165, 1.54) is 6.07 Å². The number of nitrogens with two attached hydrogens (primary N) is 1. The van der Waals surface area contributed by atoms with Crippen molar-refractivity contribution in [1.29, 1.82) is 5.26 Å². The minimum Gasteiger partial charge on any atom is -0.508 e. The lowest BCUT2D eigenvalue weighted by atomic mass is 10.0. The number of benzene rings is 1. The van der Waals surface area contributed by atoms with E-state index in [0.717, 1.165) is 0 Å². The molecule has 1 rings (SSSR count). The Morgan fingerprint density at radius 1 is 1.59 bits per heavy atom. The second-order valence-corrected chi connectivity index (χ2v) is 3.43. The Labute approximate surface area is 99.4 Å². The fourth-order valence-electron chi connectivity index (χ4n) is 1.52. The van der Waals surface area contributed by atoms with Crippen LogP contribution in [0.15, 0.2) is 12.1 Å². The van der Waals surface area contributed by atoms with Crippen LogP contribution in [0.5, 0.6) is 5.75 Å². The van der Waals surface area contributed by atoms with Gasteiger partial charge in [0.2, 0.25) is 0 Å². The zero-order chi connectivity index (χ0) is 12.8. The Hall–Kier alpha value is -2.06. The Kier molecular flexibility index (Phi) is 4.49. The smallest absolute Gasteiger partial charge is 0.310 e. The van der Waals surface area contributed by atoms with Crippen molar-refractivity contribution in [2.24, 2.45) is 5.73 Å². The summed E-state index contributed by atoms with van der Waals surface area (Å²) in [5.74, 6) is -0.528. The van der Waals surface area contributed by atoms with Gasteiger partial charge in [-0.15, -0.1) is 0 Å². The van der Waals surface area contributed by atoms with Gasteiger partial charge < -0.3 is 15.6 Å². The molecular weight excluding hydrogens is 220 g/mol. The zero-order valence-corrected chi connectivity index (χ0v) is 9.56. The molecule has 0 amide bonds. The molecule has 0 fully saturated rings. The van der Waals surface area contributed by atoms with Crippen LogP contribution in [-0.4, -0.2) is 17.7 Å². The molecule has 0 spiro atoms. The second-order valence-electron chi connectivity index (χ2n) is 3.43. The van der Waals surface area contributed by atoms with Crippen molar-refractivity contribution in [3.8, 4) is 11.8 Å². The van der Waals surface area contributed by atoms with Gasteiger partial charge in [0.1, 0.15) is 5.75 Å². The summed E-state index contributed by atoms with van der Waals surface area (Å²) in [6, 6.07) is 4.79. The number of aromatic hydroxyl groups is 1. The van der Waals surface area contributed by atoms with Gasteiger partial charge in [-0.05, 0) is 24.6 Å². The first-order chi connectivity index (χ1) is 8.12. The van der Waals surface area contributed by atoms with Crippen LogP contribution in [0.2, 0.25) is 0 Å². The van der Waals surface area contributed by atoms with Crippen molar-refractivity contribution < 1.29 is 14.6 Å². The Bertz CT molecular complexity index is 464. The molecule has 0 aliphatic carbocycles. The van der Waals surface area contributed by atoms with Crippen LogP contribution in [0.1, 0.15) is 23.6 Å². The molecule has 0 unspecified atom stereocenters. The van der Waals surface area contributed by atoms with E-state index in [9.17, 15) is 9.90 Å². The lowest BCUT2D eigenvalue weighted by Gasteiger charge is -2.10. The predicted molar refractivity (Wildman–Crippen MR) is 61.1 cm³/mol. The topological polar surface area (TPSA) is 96.3 Å². The van der Waals surface area contributed by atoms with Gasteiger partial charge in [-0.1, -0.05) is 0 Å². The van der Waals surface area contributed by atoms with Gasteiger partial charge in [-0.3, -0.25) is 4.79 Å². The van der Waals surface area contributed by atoms with Crippen LogP contribution in [0.4, 0.5) is 0 Å². The molecule has 5 heteroatoms. The highest BCUT2D eigenvalue weighted by atomic mass is 16.5. The quantitative estimate of drug-likeness (QED) is 0.752. The van der Waals surface area contributed by atoms with E-state index in [4.69, 9.17) is 15.7 Å². The molecule has 3 N–H and O–H groups in total. The molecule has 0 bridgehead atoms. The number of carbonyl (C=O) groups is 1. The molecule has 0 radical (unpaired) electrons. The lowest BCUT2D eigenvalue weighted by molar-refractivity contribution is -0.142. The molecule has 17 heavy (non-hydrogen) atoms. The molecule has 0 aliphatic heterocycles. The summed E-state index contributed by atoms with van der Waals surface area (Å²) in [7, 11) is 0. The molecule has 0 aromatic heterocycles. The van der Waals surface area contributed by atoms with E-state index in [1.807, 2.05) is 6.07 Å². The molecule has 1 aromatic carbocycles. The van der Waals surface area contributed by atoms with Crippen molar-refractivity contribution >= 4 is 5.97 Å². The molecule has 0 saturated heterocycles. The molecular formula is C12H14N2O3. The Morgan fingerprint density at radius 3 is 2.82 bits per heavy atom. The van der Waals surface area contributed by atoms with E-state index in [1.54, 1.807) is 13.0 Å². The third-order valence-corrected chi connectivity index (χ3v) is 2.29. The number of carbonyl (C=O) groups excluding carboxylic acids is 1. The summed E-state index contributed by atoms with van der Waals surface area (Å²) < 4.78 is 4.80. The SMILES string of the molecule is CCOC(=O)Cc1c(O)cc(C#N)cc1CN. The van der Waals surface area contributed by atoms with Gasteiger partial charge in [0.05, 0.1) is 24.7 Å². The van der Waals surface area contributed by atoms with Gasteiger partial charge in [-0.2, -0.15) is 5.26 Å². The standard InChI is InChI=1S/C12H14N2O3/c1-2-17-12(16)5-10-9(7-14)3-8(6-13)4-11(10)15/h3-4,15H,2,5,7,14H2,1H3. The number of phenolic OH excluding ortho intramolecular Hbond substituents is 1. The predicted octanol–water partition coefficient (Wildman–Crippen LogP) is 0.828. The third-order valence-electron chi connectivity index (χ3n) is 2.29. The van der Waals surface area contributed by atoms with Gasteiger partial charge in [0, 0.05) is 12.1 Å². The van der Waals surface area contributed by atoms with Crippen LogP contribution in [0.25, 0.3) is 0 Å². The number of hydrogen-bond donors (Lipinski definition) is 2. The van der Waals surface area contributed by atoms with Gasteiger partial charge in [0.25, 0.3) is 0 Å². The largest absolute Gasteiger partial charge is 0.508 e. The van der Waals surface area contributed by atoms with Crippen LogP contribution in [-0.2, 0) is 22.5 Å². The molecule has 0 atom stereocenters. The molecule has 0 saturated carbocycles. The summed E-state index contributed by atoms with van der Waals surface area (Å²) in [6.07, 6.45) is -0.0437. The first-order valence-corrected chi connectivity index (χ1v) is 5.22. The second kappa shape index (κ2) is 5.87. The number of rotatable bonds is 4. The third kappa shape index (κ3) is 3.20. The zero-order valence-electron chi connectivity index (χ0n) is 9.56. The molecule has 0 heterocycles. The highest BCUT2D eigenvalue weighted by Gasteiger charge is 2.14. The average Bonchev–Trinajstić information content (AvgIpc) is 2.31. The normalized spacial score (nSPS) is 9.71. The number of nitrogens with zero attached hydrogens (tertiary/aromatic N) is 1. The number of ether oxygens (including phenoxy) is 1. The van der Waals surface area contributed by atoms with Gasteiger partial charge >= 0.3 is 5.97 Å². The van der Waals surface area contributed by atoms with Gasteiger partial charge in [0.15, 0.2) is 0 Å². The van der Waals surface area contributed by atoms with Crippen LogP contribution in [0, 0.1) is 11.3 Å².